The van der Waals surface area contributed by atoms with Crippen LogP contribution in [-0.2, 0) is 4.74 Å². The first-order chi connectivity index (χ1) is 8.35. The number of halogens is 1. The van der Waals surface area contributed by atoms with E-state index in [-0.39, 0.29) is 11.6 Å². The Morgan fingerprint density at radius 2 is 1.89 bits per heavy atom. The average molecular weight is 270 g/mol. The van der Waals surface area contributed by atoms with E-state index in [0.29, 0.717) is 6.04 Å². The largest absolute Gasteiger partial charge is 0.379 e. The Kier molecular flexibility index (Phi) is 5.64. The quantitative estimate of drug-likeness (QED) is 0.836. The van der Waals surface area contributed by atoms with Crippen LogP contribution in [0.3, 0.4) is 0 Å². The maximum Gasteiger partial charge on any atom is 0.0637 e. The van der Waals surface area contributed by atoms with E-state index in [4.69, 9.17) is 16.3 Å². The molecule has 3 heteroatoms. The summed E-state index contributed by atoms with van der Waals surface area (Å²) in [5, 5.41) is 4.38. The van der Waals surface area contributed by atoms with Crippen LogP contribution in [0.25, 0.3) is 0 Å². The van der Waals surface area contributed by atoms with Crippen LogP contribution in [0, 0.1) is 0 Å². The minimum absolute atomic E-state index is 0.105. The van der Waals surface area contributed by atoms with E-state index in [0.717, 1.165) is 17.0 Å². The predicted octanol–water partition coefficient (Wildman–Crippen LogP) is 4.19. The Balaban J connectivity index is 2.60. The molecule has 18 heavy (non-hydrogen) atoms. The number of methoxy groups -OCH3 is 1. The molecule has 0 aliphatic rings. The number of nitrogens with one attached hydrogen (secondary N) is 1. The summed E-state index contributed by atoms with van der Waals surface area (Å²) in [4.78, 5) is 0. The predicted molar refractivity (Wildman–Crippen MR) is 78.2 cm³/mol. The summed E-state index contributed by atoms with van der Waals surface area (Å²) in [6.45, 7) is 8.52. The molecular weight excluding hydrogens is 246 g/mol. The van der Waals surface area contributed by atoms with Gasteiger partial charge in [0.1, 0.15) is 0 Å². The average Bonchev–Trinajstić information content (AvgIpc) is 2.28. The van der Waals surface area contributed by atoms with Crippen LogP contribution in [0.5, 0.6) is 0 Å². The van der Waals surface area contributed by atoms with Gasteiger partial charge in [-0.15, -0.1) is 0 Å². The summed E-state index contributed by atoms with van der Waals surface area (Å²) < 4.78 is 5.45. The number of hydrogen-bond donors (Lipinski definition) is 1. The highest BCUT2D eigenvalue weighted by atomic mass is 35.5. The molecule has 0 aliphatic carbocycles. The Morgan fingerprint density at radius 1 is 1.28 bits per heavy atom. The van der Waals surface area contributed by atoms with Crippen LogP contribution in [0.4, 0.5) is 0 Å². The fourth-order valence-electron chi connectivity index (χ4n) is 2.22. The van der Waals surface area contributed by atoms with Gasteiger partial charge in [-0.3, -0.25) is 0 Å². The number of benzene rings is 1. The summed E-state index contributed by atoms with van der Waals surface area (Å²) in [7, 11) is 1.75. The standard InChI is InChI=1S/C15H24ClNO/c1-11(10-15(3,4)18-5)17-12(2)13-8-6-7-9-14(13)16/h6-9,11-12,17H,10H2,1-5H3/t11?,12-/m1/s1. The molecule has 0 spiro atoms. The minimum atomic E-state index is -0.105. The van der Waals surface area contributed by atoms with E-state index in [1.807, 2.05) is 18.2 Å². The minimum Gasteiger partial charge on any atom is -0.379 e. The highest BCUT2D eigenvalue weighted by molar-refractivity contribution is 6.31. The first kappa shape index (κ1) is 15.5. The maximum atomic E-state index is 6.20. The molecule has 102 valence electrons. The van der Waals surface area contributed by atoms with Crippen molar-refractivity contribution >= 4 is 11.6 Å². The molecule has 2 atom stereocenters. The summed E-state index contributed by atoms with van der Waals surface area (Å²) >= 11 is 6.20. The first-order valence-corrected chi connectivity index (χ1v) is 6.79. The van der Waals surface area contributed by atoms with Crippen molar-refractivity contribution < 1.29 is 4.74 Å². The normalized spacial score (nSPS) is 15.4. The molecule has 0 heterocycles. The van der Waals surface area contributed by atoms with Crippen LogP contribution < -0.4 is 5.32 Å². The number of ether oxygens (including phenoxy) is 1. The zero-order valence-electron chi connectivity index (χ0n) is 12.0. The molecule has 0 saturated carbocycles. The third-order valence-corrected chi connectivity index (χ3v) is 3.60. The van der Waals surface area contributed by atoms with E-state index < -0.39 is 0 Å². The van der Waals surface area contributed by atoms with E-state index in [9.17, 15) is 0 Å². The number of rotatable bonds is 6. The molecule has 0 aromatic heterocycles. The lowest BCUT2D eigenvalue weighted by Crippen LogP contribution is -2.37. The Bertz CT molecular complexity index is 379. The molecule has 0 bridgehead atoms. The van der Waals surface area contributed by atoms with Crippen molar-refractivity contribution in [2.24, 2.45) is 0 Å². The van der Waals surface area contributed by atoms with Crippen LogP contribution in [-0.4, -0.2) is 18.8 Å². The van der Waals surface area contributed by atoms with E-state index in [2.05, 4.69) is 39.1 Å². The molecule has 0 saturated heterocycles. The monoisotopic (exact) mass is 269 g/mol. The molecule has 1 rings (SSSR count). The van der Waals surface area contributed by atoms with Gasteiger partial charge in [-0.25, -0.2) is 0 Å². The maximum absolute atomic E-state index is 6.20. The molecular formula is C15H24ClNO. The molecule has 0 amide bonds. The molecule has 0 fully saturated rings. The second-order valence-corrected chi connectivity index (χ2v) is 5.89. The van der Waals surface area contributed by atoms with Crippen LogP contribution >= 0.6 is 11.6 Å². The van der Waals surface area contributed by atoms with Crippen molar-refractivity contribution in [2.75, 3.05) is 7.11 Å². The lowest BCUT2D eigenvalue weighted by atomic mass is 9.98. The zero-order chi connectivity index (χ0) is 13.8. The molecule has 0 radical (unpaired) electrons. The van der Waals surface area contributed by atoms with Gasteiger partial charge in [-0.2, -0.15) is 0 Å². The summed E-state index contributed by atoms with van der Waals surface area (Å²) in [6.07, 6.45) is 0.957. The van der Waals surface area contributed by atoms with Gasteiger partial charge in [0.05, 0.1) is 5.60 Å². The molecule has 0 aliphatic heterocycles. The van der Waals surface area contributed by atoms with Gasteiger partial charge >= 0.3 is 0 Å². The summed E-state index contributed by atoms with van der Waals surface area (Å²) in [6, 6.07) is 8.57. The van der Waals surface area contributed by atoms with Crippen LogP contribution in [0.2, 0.25) is 5.02 Å². The van der Waals surface area contributed by atoms with Gasteiger partial charge in [0.25, 0.3) is 0 Å². The van der Waals surface area contributed by atoms with Crippen molar-refractivity contribution in [3.05, 3.63) is 34.9 Å². The fourth-order valence-corrected chi connectivity index (χ4v) is 2.52. The van der Waals surface area contributed by atoms with Crippen molar-refractivity contribution in [1.82, 2.24) is 5.32 Å². The highest BCUT2D eigenvalue weighted by Crippen LogP contribution is 2.24. The zero-order valence-corrected chi connectivity index (χ0v) is 12.7. The third-order valence-electron chi connectivity index (χ3n) is 3.26. The second kappa shape index (κ2) is 6.55. The molecule has 1 aromatic rings. The van der Waals surface area contributed by atoms with Gasteiger partial charge in [0.15, 0.2) is 0 Å². The van der Waals surface area contributed by atoms with E-state index >= 15 is 0 Å². The van der Waals surface area contributed by atoms with Crippen molar-refractivity contribution in [1.29, 1.82) is 0 Å². The molecule has 2 nitrogen and oxygen atoms in total. The smallest absolute Gasteiger partial charge is 0.0637 e. The van der Waals surface area contributed by atoms with Crippen molar-refractivity contribution in [3.8, 4) is 0 Å². The SMILES string of the molecule is COC(C)(C)CC(C)N[C@H](C)c1ccccc1Cl. The van der Waals surface area contributed by atoms with Crippen LogP contribution in [0.15, 0.2) is 24.3 Å². The van der Waals surface area contributed by atoms with Gasteiger partial charge in [-0.05, 0) is 45.7 Å². The summed E-state index contributed by atoms with van der Waals surface area (Å²) in [5.74, 6) is 0. The van der Waals surface area contributed by atoms with Crippen molar-refractivity contribution in [3.63, 3.8) is 0 Å². The molecule has 1 aromatic carbocycles. The second-order valence-electron chi connectivity index (χ2n) is 5.48. The molecule has 1 unspecified atom stereocenters. The lowest BCUT2D eigenvalue weighted by molar-refractivity contribution is 0.00782. The van der Waals surface area contributed by atoms with Gasteiger partial charge in [0.2, 0.25) is 0 Å². The Labute approximate surface area is 116 Å². The first-order valence-electron chi connectivity index (χ1n) is 6.41. The van der Waals surface area contributed by atoms with Crippen LogP contribution in [0.1, 0.15) is 45.7 Å². The highest BCUT2D eigenvalue weighted by Gasteiger charge is 2.21. The fraction of sp³-hybridized carbons (Fsp3) is 0.600. The number of hydrogen-bond acceptors (Lipinski definition) is 2. The summed E-state index contributed by atoms with van der Waals surface area (Å²) in [5.41, 5.74) is 1.04. The van der Waals surface area contributed by atoms with Gasteiger partial charge in [0, 0.05) is 24.2 Å². The lowest BCUT2D eigenvalue weighted by Gasteiger charge is -2.29. The molecule has 1 N–H and O–H groups in total. The van der Waals surface area contributed by atoms with Gasteiger partial charge in [-0.1, -0.05) is 29.8 Å². The Morgan fingerprint density at radius 3 is 2.44 bits per heavy atom. The van der Waals surface area contributed by atoms with Crippen molar-refractivity contribution in [2.45, 2.75) is 51.8 Å². The van der Waals surface area contributed by atoms with E-state index in [1.54, 1.807) is 7.11 Å². The topological polar surface area (TPSA) is 21.3 Å². The third kappa shape index (κ3) is 4.60. The van der Waals surface area contributed by atoms with Gasteiger partial charge < -0.3 is 10.1 Å². The van der Waals surface area contributed by atoms with E-state index in [1.165, 1.54) is 0 Å². The Hall–Kier alpha value is -0.570.